The van der Waals surface area contributed by atoms with Gasteiger partial charge < -0.3 is 10.8 Å². The average Bonchev–Trinajstić information content (AvgIpc) is 2.24. The van der Waals surface area contributed by atoms with Crippen LogP contribution >= 0.6 is 15.9 Å². The molecule has 17 heavy (non-hydrogen) atoms. The summed E-state index contributed by atoms with van der Waals surface area (Å²) in [5.74, 6) is -0.749. The molecule has 0 radical (unpaired) electrons. The second-order valence-electron chi connectivity index (χ2n) is 4.61. The zero-order valence-corrected chi connectivity index (χ0v) is 11.6. The van der Waals surface area contributed by atoms with Crippen LogP contribution in [0, 0.1) is 11.8 Å². The van der Waals surface area contributed by atoms with E-state index in [1.165, 1.54) is 0 Å². The molecule has 4 heteroatoms. The van der Waals surface area contributed by atoms with E-state index in [1.54, 1.807) is 0 Å². The highest BCUT2D eigenvalue weighted by molar-refractivity contribution is 9.10. The van der Waals surface area contributed by atoms with Gasteiger partial charge in [0.25, 0.3) is 0 Å². The molecule has 0 aliphatic heterocycles. The first-order valence-corrected chi connectivity index (χ1v) is 6.44. The molecule has 0 aliphatic carbocycles. The van der Waals surface area contributed by atoms with E-state index in [9.17, 15) is 4.79 Å². The van der Waals surface area contributed by atoms with Gasteiger partial charge in [0, 0.05) is 4.47 Å². The van der Waals surface area contributed by atoms with Gasteiger partial charge in [-0.3, -0.25) is 4.79 Å². The SMILES string of the molecule is CC(C)C(Cc1cccc(Br)c1)C(N)C(=O)O. The van der Waals surface area contributed by atoms with Gasteiger partial charge in [0.05, 0.1) is 0 Å². The van der Waals surface area contributed by atoms with Gasteiger partial charge in [0.2, 0.25) is 0 Å². The first kappa shape index (κ1) is 14.2. The maximum absolute atomic E-state index is 11.0. The Morgan fingerprint density at radius 2 is 2.12 bits per heavy atom. The summed E-state index contributed by atoms with van der Waals surface area (Å²) < 4.78 is 1.00. The Morgan fingerprint density at radius 3 is 2.59 bits per heavy atom. The van der Waals surface area contributed by atoms with Gasteiger partial charge in [-0.15, -0.1) is 0 Å². The lowest BCUT2D eigenvalue weighted by molar-refractivity contribution is -0.140. The van der Waals surface area contributed by atoms with Gasteiger partial charge in [-0.2, -0.15) is 0 Å². The van der Waals surface area contributed by atoms with Gasteiger partial charge in [0.15, 0.2) is 0 Å². The molecule has 0 saturated heterocycles. The first-order chi connectivity index (χ1) is 7.91. The number of rotatable bonds is 5. The van der Waals surface area contributed by atoms with Crippen molar-refractivity contribution in [2.75, 3.05) is 0 Å². The molecule has 2 atom stereocenters. The number of benzene rings is 1. The minimum absolute atomic E-state index is 0.0539. The monoisotopic (exact) mass is 299 g/mol. The summed E-state index contributed by atoms with van der Waals surface area (Å²) in [6, 6.07) is 7.08. The van der Waals surface area contributed by atoms with E-state index in [0.717, 1.165) is 10.0 Å². The molecule has 1 aromatic carbocycles. The fraction of sp³-hybridized carbons (Fsp3) is 0.462. The Kier molecular flexibility index (Phi) is 5.15. The Hall–Kier alpha value is -0.870. The van der Waals surface area contributed by atoms with Crippen molar-refractivity contribution in [3.63, 3.8) is 0 Å². The lowest BCUT2D eigenvalue weighted by atomic mass is 9.83. The van der Waals surface area contributed by atoms with Crippen molar-refractivity contribution in [3.8, 4) is 0 Å². The van der Waals surface area contributed by atoms with Crippen LogP contribution in [0.3, 0.4) is 0 Å². The number of hydrogen-bond donors (Lipinski definition) is 2. The van der Waals surface area contributed by atoms with Gasteiger partial charge in [-0.05, 0) is 36.0 Å². The zero-order chi connectivity index (χ0) is 13.0. The predicted octanol–water partition coefficient (Wildman–Crippen LogP) is 2.68. The third-order valence-electron chi connectivity index (χ3n) is 2.96. The van der Waals surface area contributed by atoms with Gasteiger partial charge in [0.1, 0.15) is 6.04 Å². The first-order valence-electron chi connectivity index (χ1n) is 5.64. The van der Waals surface area contributed by atoms with E-state index in [2.05, 4.69) is 15.9 Å². The average molecular weight is 300 g/mol. The second kappa shape index (κ2) is 6.17. The van der Waals surface area contributed by atoms with Crippen molar-refractivity contribution in [3.05, 3.63) is 34.3 Å². The van der Waals surface area contributed by atoms with Gasteiger partial charge >= 0.3 is 5.97 Å². The number of carbonyl (C=O) groups is 1. The van der Waals surface area contributed by atoms with Crippen LogP contribution in [-0.4, -0.2) is 17.1 Å². The molecule has 1 rings (SSSR count). The highest BCUT2D eigenvalue weighted by Gasteiger charge is 2.27. The molecule has 0 aliphatic rings. The van der Waals surface area contributed by atoms with E-state index >= 15 is 0 Å². The molecular weight excluding hydrogens is 282 g/mol. The van der Waals surface area contributed by atoms with Gasteiger partial charge in [-0.25, -0.2) is 0 Å². The van der Waals surface area contributed by atoms with Crippen molar-refractivity contribution in [1.82, 2.24) is 0 Å². The zero-order valence-electron chi connectivity index (χ0n) is 10.1. The lowest BCUT2D eigenvalue weighted by Gasteiger charge is -2.24. The summed E-state index contributed by atoms with van der Waals surface area (Å²) >= 11 is 3.41. The smallest absolute Gasteiger partial charge is 0.320 e. The third kappa shape index (κ3) is 4.13. The molecule has 0 fully saturated rings. The van der Waals surface area contributed by atoms with Crippen molar-refractivity contribution >= 4 is 21.9 Å². The molecule has 1 aromatic rings. The van der Waals surface area contributed by atoms with Crippen molar-refractivity contribution in [1.29, 1.82) is 0 Å². The summed E-state index contributed by atoms with van der Waals surface area (Å²) in [6.07, 6.45) is 0.685. The Labute approximate surface area is 110 Å². The van der Waals surface area contributed by atoms with Crippen LogP contribution in [0.4, 0.5) is 0 Å². The Balaban J connectivity index is 2.84. The molecule has 0 aromatic heterocycles. The van der Waals surface area contributed by atoms with Crippen LogP contribution in [0.1, 0.15) is 19.4 Å². The predicted molar refractivity (Wildman–Crippen MR) is 71.8 cm³/mol. The molecule has 0 saturated carbocycles. The number of carboxylic acids is 1. The number of halogens is 1. The van der Waals surface area contributed by atoms with Crippen LogP contribution in [0.2, 0.25) is 0 Å². The minimum Gasteiger partial charge on any atom is -0.480 e. The van der Waals surface area contributed by atoms with E-state index in [-0.39, 0.29) is 11.8 Å². The topological polar surface area (TPSA) is 63.3 Å². The summed E-state index contributed by atoms with van der Waals surface area (Å²) in [5.41, 5.74) is 6.84. The molecular formula is C13H18BrNO2. The fourth-order valence-corrected chi connectivity index (χ4v) is 2.34. The summed E-state index contributed by atoms with van der Waals surface area (Å²) in [6.45, 7) is 4.01. The minimum atomic E-state index is -0.932. The molecule has 3 nitrogen and oxygen atoms in total. The van der Waals surface area contributed by atoms with Crippen LogP contribution in [0.25, 0.3) is 0 Å². The van der Waals surface area contributed by atoms with Crippen molar-refractivity contribution in [2.45, 2.75) is 26.3 Å². The number of hydrogen-bond acceptors (Lipinski definition) is 2. The quantitative estimate of drug-likeness (QED) is 0.878. The van der Waals surface area contributed by atoms with Crippen molar-refractivity contribution < 1.29 is 9.90 Å². The molecule has 0 bridgehead atoms. The molecule has 3 N–H and O–H groups in total. The maximum Gasteiger partial charge on any atom is 0.320 e. The lowest BCUT2D eigenvalue weighted by Crippen LogP contribution is -2.41. The second-order valence-corrected chi connectivity index (χ2v) is 5.52. The van der Waals surface area contributed by atoms with Crippen LogP contribution in [-0.2, 0) is 11.2 Å². The molecule has 0 amide bonds. The normalized spacial score (nSPS) is 14.6. The highest BCUT2D eigenvalue weighted by Crippen LogP contribution is 2.22. The molecule has 2 unspecified atom stereocenters. The molecule has 0 heterocycles. The Bertz CT molecular complexity index is 393. The number of nitrogens with two attached hydrogens (primary N) is 1. The van der Waals surface area contributed by atoms with Gasteiger partial charge in [-0.1, -0.05) is 41.9 Å². The van der Waals surface area contributed by atoms with E-state index in [1.807, 2.05) is 38.1 Å². The highest BCUT2D eigenvalue weighted by atomic mass is 79.9. The standard InChI is InChI=1S/C13H18BrNO2/c1-8(2)11(12(15)13(16)17)7-9-4-3-5-10(14)6-9/h3-6,8,11-12H,7,15H2,1-2H3,(H,16,17). The summed E-state index contributed by atoms with van der Waals surface area (Å²) in [5, 5.41) is 9.00. The largest absolute Gasteiger partial charge is 0.480 e. The van der Waals surface area contributed by atoms with E-state index in [0.29, 0.717) is 6.42 Å². The Morgan fingerprint density at radius 1 is 1.47 bits per heavy atom. The van der Waals surface area contributed by atoms with Crippen LogP contribution in [0.15, 0.2) is 28.7 Å². The molecule has 94 valence electrons. The fourth-order valence-electron chi connectivity index (χ4n) is 1.90. The summed E-state index contributed by atoms with van der Waals surface area (Å²) in [4.78, 5) is 11.0. The van der Waals surface area contributed by atoms with Crippen molar-refractivity contribution in [2.24, 2.45) is 17.6 Å². The summed E-state index contributed by atoms with van der Waals surface area (Å²) in [7, 11) is 0. The molecule has 0 spiro atoms. The number of carboxylic acid groups (broad SMARTS) is 1. The van der Waals surface area contributed by atoms with E-state index in [4.69, 9.17) is 10.8 Å². The van der Waals surface area contributed by atoms with Crippen LogP contribution < -0.4 is 5.73 Å². The maximum atomic E-state index is 11.0. The third-order valence-corrected chi connectivity index (χ3v) is 3.46. The van der Waals surface area contributed by atoms with Crippen LogP contribution in [0.5, 0.6) is 0 Å². The number of aliphatic carboxylic acids is 1. The van der Waals surface area contributed by atoms with E-state index < -0.39 is 12.0 Å².